The Hall–Kier alpha value is -1.24. The van der Waals surface area contributed by atoms with Gasteiger partial charge in [0.25, 0.3) is 0 Å². The molecule has 15 heavy (non-hydrogen) atoms. The molecule has 0 unspecified atom stereocenters. The van der Waals surface area contributed by atoms with Crippen LogP contribution >= 0.6 is 0 Å². The molecule has 1 aromatic rings. The molecule has 0 fully saturated rings. The molecule has 0 amide bonds. The van der Waals surface area contributed by atoms with Crippen molar-refractivity contribution in [1.29, 1.82) is 0 Å². The summed E-state index contributed by atoms with van der Waals surface area (Å²) in [6, 6.07) is 6.11. The summed E-state index contributed by atoms with van der Waals surface area (Å²) in [4.78, 5) is 0. The summed E-state index contributed by atoms with van der Waals surface area (Å²) in [6.07, 6.45) is 2.05. The number of hydrogen-bond donors (Lipinski definition) is 0. The van der Waals surface area contributed by atoms with E-state index in [1.807, 2.05) is 32.1 Å². The van der Waals surface area contributed by atoms with Gasteiger partial charge in [0.2, 0.25) is 0 Å². The van der Waals surface area contributed by atoms with Gasteiger partial charge in [0.1, 0.15) is 5.75 Å². The summed E-state index contributed by atoms with van der Waals surface area (Å²) in [5.74, 6) is 2.19. The lowest BCUT2D eigenvalue weighted by Gasteiger charge is -2.16. The van der Waals surface area contributed by atoms with Crippen molar-refractivity contribution in [2.75, 3.05) is 0 Å². The lowest BCUT2D eigenvalue weighted by atomic mass is 9.96. The summed E-state index contributed by atoms with van der Waals surface area (Å²) in [5.41, 5.74) is 2.30. The molecule has 0 aliphatic rings. The SMILES string of the molecule is C=Cc1c(OC(C)C)cccc1[C](C)C. The van der Waals surface area contributed by atoms with Crippen LogP contribution in [0.5, 0.6) is 5.75 Å². The first kappa shape index (κ1) is 11.8. The van der Waals surface area contributed by atoms with E-state index in [1.165, 1.54) is 11.5 Å². The van der Waals surface area contributed by atoms with E-state index in [4.69, 9.17) is 4.74 Å². The normalized spacial score (nSPS) is 10.8. The number of ether oxygens (including phenoxy) is 1. The Labute approximate surface area is 92.8 Å². The molecular weight excluding hydrogens is 184 g/mol. The second-order valence-corrected chi connectivity index (χ2v) is 4.09. The van der Waals surface area contributed by atoms with Gasteiger partial charge in [0, 0.05) is 5.56 Å². The Kier molecular flexibility index (Phi) is 3.96. The van der Waals surface area contributed by atoms with Crippen molar-refractivity contribution in [3.63, 3.8) is 0 Å². The van der Waals surface area contributed by atoms with Gasteiger partial charge in [-0.3, -0.25) is 0 Å². The molecule has 81 valence electrons. The first-order chi connectivity index (χ1) is 7.06. The number of hydrogen-bond acceptors (Lipinski definition) is 1. The fourth-order valence-corrected chi connectivity index (χ4v) is 1.55. The maximum atomic E-state index is 5.74. The molecule has 0 N–H and O–H groups in total. The smallest absolute Gasteiger partial charge is 0.127 e. The average molecular weight is 203 g/mol. The van der Waals surface area contributed by atoms with E-state index in [0.717, 1.165) is 11.3 Å². The highest BCUT2D eigenvalue weighted by atomic mass is 16.5. The van der Waals surface area contributed by atoms with Crippen molar-refractivity contribution in [1.82, 2.24) is 0 Å². The van der Waals surface area contributed by atoms with Gasteiger partial charge in [-0.15, -0.1) is 0 Å². The minimum Gasteiger partial charge on any atom is -0.490 e. The van der Waals surface area contributed by atoms with Gasteiger partial charge in [0.15, 0.2) is 0 Å². The van der Waals surface area contributed by atoms with Crippen LogP contribution in [0, 0.1) is 5.92 Å². The van der Waals surface area contributed by atoms with Gasteiger partial charge in [0.05, 0.1) is 6.10 Å². The maximum Gasteiger partial charge on any atom is 0.127 e. The van der Waals surface area contributed by atoms with Crippen LogP contribution in [0.1, 0.15) is 38.8 Å². The zero-order chi connectivity index (χ0) is 11.4. The van der Waals surface area contributed by atoms with E-state index in [2.05, 4.69) is 26.5 Å². The number of benzene rings is 1. The van der Waals surface area contributed by atoms with E-state index >= 15 is 0 Å². The monoisotopic (exact) mass is 203 g/mol. The predicted molar refractivity (Wildman–Crippen MR) is 66.0 cm³/mol. The third-order valence-corrected chi connectivity index (χ3v) is 2.17. The highest BCUT2D eigenvalue weighted by Crippen LogP contribution is 2.28. The molecule has 0 aromatic heterocycles. The third kappa shape index (κ3) is 2.85. The van der Waals surface area contributed by atoms with E-state index in [-0.39, 0.29) is 6.10 Å². The van der Waals surface area contributed by atoms with Crippen LogP contribution < -0.4 is 4.74 Å². The minimum atomic E-state index is 0.191. The second-order valence-electron chi connectivity index (χ2n) is 4.09. The lowest BCUT2D eigenvalue weighted by molar-refractivity contribution is 0.242. The third-order valence-electron chi connectivity index (χ3n) is 2.17. The largest absolute Gasteiger partial charge is 0.490 e. The Morgan fingerprint density at radius 3 is 2.47 bits per heavy atom. The standard InChI is InChI=1S/C14H19O/c1-6-12-13(10(2)3)8-7-9-14(12)15-11(4)5/h6-9,11H,1H2,2-5H3. The lowest BCUT2D eigenvalue weighted by Crippen LogP contribution is -2.07. The molecule has 0 saturated heterocycles. The molecule has 1 aromatic carbocycles. The Morgan fingerprint density at radius 2 is 2.00 bits per heavy atom. The highest BCUT2D eigenvalue weighted by Gasteiger charge is 2.10. The molecule has 0 spiro atoms. The number of rotatable bonds is 4. The molecule has 1 radical (unpaired) electrons. The zero-order valence-corrected chi connectivity index (χ0v) is 10.0. The van der Waals surface area contributed by atoms with Crippen LogP contribution in [0.15, 0.2) is 24.8 Å². The van der Waals surface area contributed by atoms with E-state index in [1.54, 1.807) is 0 Å². The van der Waals surface area contributed by atoms with Crippen LogP contribution in [-0.4, -0.2) is 6.10 Å². The molecule has 1 heteroatoms. The molecule has 1 rings (SSSR count). The van der Waals surface area contributed by atoms with Gasteiger partial charge in [-0.25, -0.2) is 0 Å². The second kappa shape index (κ2) is 5.01. The van der Waals surface area contributed by atoms with Crippen molar-refractivity contribution in [2.45, 2.75) is 33.8 Å². The van der Waals surface area contributed by atoms with Crippen molar-refractivity contribution >= 4 is 6.08 Å². The van der Waals surface area contributed by atoms with Crippen LogP contribution in [0.4, 0.5) is 0 Å². The first-order valence-electron chi connectivity index (χ1n) is 5.29. The topological polar surface area (TPSA) is 9.23 Å². The summed E-state index contributed by atoms with van der Waals surface area (Å²) < 4.78 is 5.74. The summed E-state index contributed by atoms with van der Waals surface area (Å²) in [5, 5.41) is 0. The average Bonchev–Trinajstić information content (AvgIpc) is 2.16. The first-order valence-corrected chi connectivity index (χ1v) is 5.29. The van der Waals surface area contributed by atoms with Crippen LogP contribution in [0.25, 0.3) is 6.08 Å². The van der Waals surface area contributed by atoms with Crippen molar-refractivity contribution in [3.05, 3.63) is 41.8 Å². The fraction of sp³-hybridized carbons (Fsp3) is 0.357. The van der Waals surface area contributed by atoms with Crippen molar-refractivity contribution < 1.29 is 4.74 Å². The van der Waals surface area contributed by atoms with Gasteiger partial charge in [-0.05, 0) is 31.4 Å². The molecule has 0 aliphatic carbocycles. The van der Waals surface area contributed by atoms with Crippen molar-refractivity contribution in [2.24, 2.45) is 0 Å². The van der Waals surface area contributed by atoms with E-state index in [0.29, 0.717) is 0 Å². The highest BCUT2D eigenvalue weighted by molar-refractivity contribution is 5.63. The van der Waals surface area contributed by atoms with Crippen LogP contribution in [0.2, 0.25) is 0 Å². The molecule has 1 nitrogen and oxygen atoms in total. The fourth-order valence-electron chi connectivity index (χ4n) is 1.55. The zero-order valence-electron chi connectivity index (χ0n) is 10.0. The summed E-state index contributed by atoms with van der Waals surface area (Å²) in [7, 11) is 0. The van der Waals surface area contributed by atoms with Gasteiger partial charge >= 0.3 is 0 Å². The van der Waals surface area contributed by atoms with Crippen molar-refractivity contribution in [3.8, 4) is 5.75 Å². The van der Waals surface area contributed by atoms with Crippen LogP contribution in [0.3, 0.4) is 0 Å². The Morgan fingerprint density at radius 1 is 1.33 bits per heavy atom. The van der Waals surface area contributed by atoms with Gasteiger partial charge < -0.3 is 4.74 Å². The van der Waals surface area contributed by atoms with Gasteiger partial charge in [-0.1, -0.05) is 38.6 Å². The molecule has 0 aliphatic heterocycles. The summed E-state index contributed by atoms with van der Waals surface area (Å²) in [6.45, 7) is 12.1. The van der Waals surface area contributed by atoms with Gasteiger partial charge in [-0.2, -0.15) is 0 Å². The Bertz CT molecular complexity index is 337. The Balaban J connectivity index is 3.16. The van der Waals surface area contributed by atoms with Crippen LogP contribution in [-0.2, 0) is 0 Å². The molecule has 0 heterocycles. The molecule has 0 bridgehead atoms. The minimum absolute atomic E-state index is 0.191. The predicted octanol–water partition coefficient (Wildman–Crippen LogP) is 4.08. The maximum absolute atomic E-state index is 5.74. The van der Waals surface area contributed by atoms with E-state index < -0.39 is 0 Å². The molecule has 0 saturated carbocycles. The molecular formula is C14H19O. The van der Waals surface area contributed by atoms with E-state index in [9.17, 15) is 0 Å². The molecule has 0 atom stereocenters. The summed E-state index contributed by atoms with van der Waals surface area (Å²) >= 11 is 0. The quantitative estimate of drug-likeness (QED) is 0.716.